The molecule has 17 nitrogen and oxygen atoms in total. The number of aliphatic hydroxyl groups excluding tert-OH is 1. The number of unbranched alkanes of at least 4 members (excludes halogenated alkanes) is 1. The number of fused-ring (bicyclic) bond motifs is 2. The number of rotatable bonds is 15. The van der Waals surface area contributed by atoms with Crippen LogP contribution in [0.1, 0.15) is 100.0 Å². The molecule has 0 aromatic carbocycles. The van der Waals surface area contributed by atoms with Crippen molar-refractivity contribution in [1.82, 2.24) is 29.3 Å². The topological polar surface area (TPSA) is 194 Å². The zero-order valence-corrected chi connectivity index (χ0v) is 41.8. The van der Waals surface area contributed by atoms with Gasteiger partial charge in [-0.05, 0) is 91.5 Å². The minimum absolute atomic E-state index is 0.0994. The predicted octanol–water partition coefficient (Wildman–Crippen LogP) is 6.34. The first kappa shape index (κ1) is 52.6. The second kappa shape index (κ2) is 21.9. The third-order valence-corrected chi connectivity index (χ3v) is 14.8. The van der Waals surface area contributed by atoms with Gasteiger partial charge in [-0.25, -0.2) is 9.78 Å². The lowest BCUT2D eigenvalue weighted by Gasteiger charge is -2.52. The molecular weight excluding hydrogens is 873 g/mol. The lowest BCUT2D eigenvalue weighted by atomic mass is 9.73. The first-order valence-electron chi connectivity index (χ1n) is 24.2. The van der Waals surface area contributed by atoms with Crippen molar-refractivity contribution in [1.29, 1.82) is 0 Å². The number of hydrogen-bond acceptors (Lipinski definition) is 15. The maximum atomic E-state index is 15.1. The summed E-state index contributed by atoms with van der Waals surface area (Å²) < 4.78 is 41.2. The highest BCUT2D eigenvalue weighted by Gasteiger charge is 2.61. The van der Waals surface area contributed by atoms with E-state index in [-0.39, 0.29) is 37.7 Å². The van der Waals surface area contributed by atoms with E-state index in [0.717, 1.165) is 11.0 Å². The van der Waals surface area contributed by atoms with Crippen molar-refractivity contribution in [2.24, 2.45) is 23.7 Å². The summed E-state index contributed by atoms with van der Waals surface area (Å²) in [6.07, 6.45) is 6.73. The first-order chi connectivity index (χ1) is 32.2. The summed E-state index contributed by atoms with van der Waals surface area (Å²) in [5.41, 5.74) is -0.432. The minimum Gasteiger partial charge on any atom is -0.461 e. The summed E-state index contributed by atoms with van der Waals surface area (Å²) in [5, 5.41) is 12.2. The van der Waals surface area contributed by atoms with Crippen molar-refractivity contribution in [3.05, 3.63) is 67.5 Å². The SMILES string of the molecule is C=CCN(C)[C@H]1C[C@@H](C)O[C@@](C)(O[C@@H]2[C@@H](C)C(OC(=O)Cc3cccnc3)[C@@H](C)C(=O)O[C@H](CC)[C@@]3(C)OC(=O)N(CCCCn4cnc5cnccc54)[C@@H]3[C@@H](C)C(=O)[C@H](C)C[C@@]2(C)OC)[C@@H]1O. The number of aryl methyl sites for hydroxylation is 1. The molecule has 14 atom stereocenters. The van der Waals surface area contributed by atoms with Crippen molar-refractivity contribution in [3.8, 4) is 0 Å². The fraction of sp³-hybridized carbons (Fsp3) is 0.667. The average Bonchev–Trinajstić information content (AvgIpc) is 3.84. The van der Waals surface area contributed by atoms with Gasteiger partial charge in [-0.3, -0.25) is 29.3 Å². The number of nitrogens with zero attached hydrogens (tertiary/aromatic N) is 6. The Labute approximate surface area is 401 Å². The van der Waals surface area contributed by atoms with Crippen molar-refractivity contribution >= 4 is 34.8 Å². The van der Waals surface area contributed by atoms with E-state index >= 15 is 4.79 Å². The van der Waals surface area contributed by atoms with E-state index in [9.17, 15) is 19.5 Å². The summed E-state index contributed by atoms with van der Waals surface area (Å²) in [6, 6.07) is 4.17. The van der Waals surface area contributed by atoms with Crippen LogP contribution in [0.2, 0.25) is 0 Å². The lowest BCUT2D eigenvalue weighted by Crippen LogP contribution is -2.65. The number of aliphatic hydroxyl groups is 1. The standard InChI is InChI=1S/C51H74N6O11/c1-13-22-55(11)39-25-32(4)66-51(10,45(39)60)67-46-34(6)43(65-41(58)26-36-18-17-20-52-28-36)35(7)47(61)64-40(14-2)50(9)44(33(5)42(59)31(3)27-49(46,8)63-12)57(48(62)68-50)24-16-15-23-56-30-54-37-29-53-21-19-38(37)56/h13,17-21,28-35,39-40,43-46,60H,1,14-16,22-27H2,2-12H3/t31-,32-,33+,34+,35-,39+,40-,43?,44-,45-,46-,49-,50-,51+/m1/s1. The number of carbonyl (C=O) groups is 4. The number of Topliss-reactive ketones (excluding diaryl/α,β-unsaturated/α-hetero) is 1. The molecule has 0 bridgehead atoms. The number of amides is 1. The number of carbonyl (C=O) groups excluding carboxylic acids is 4. The van der Waals surface area contributed by atoms with E-state index in [1.807, 2.05) is 50.3 Å². The number of hydrogen-bond donors (Lipinski definition) is 1. The van der Waals surface area contributed by atoms with Gasteiger partial charge in [0, 0.05) is 69.1 Å². The second-order valence-electron chi connectivity index (χ2n) is 19.9. The number of methoxy groups -OCH3 is 1. The summed E-state index contributed by atoms with van der Waals surface area (Å²) in [5.74, 6) is -6.57. The van der Waals surface area contributed by atoms with Gasteiger partial charge in [-0.1, -0.05) is 39.8 Å². The van der Waals surface area contributed by atoms with Gasteiger partial charge in [0.25, 0.3) is 0 Å². The van der Waals surface area contributed by atoms with Crippen LogP contribution in [0.25, 0.3) is 11.0 Å². The highest BCUT2D eigenvalue weighted by atomic mass is 16.7. The molecule has 3 aliphatic rings. The van der Waals surface area contributed by atoms with Crippen LogP contribution in [0.5, 0.6) is 0 Å². The van der Waals surface area contributed by atoms with Crippen LogP contribution in [-0.2, 0) is 55.8 Å². The van der Waals surface area contributed by atoms with Crippen LogP contribution < -0.4 is 0 Å². The zero-order valence-electron chi connectivity index (χ0n) is 41.8. The molecule has 0 radical (unpaired) electrons. The molecule has 1 unspecified atom stereocenters. The Morgan fingerprint density at radius 1 is 1.03 bits per heavy atom. The summed E-state index contributed by atoms with van der Waals surface area (Å²) in [6.45, 7) is 21.4. The van der Waals surface area contributed by atoms with Gasteiger partial charge in [-0.15, -0.1) is 6.58 Å². The quantitative estimate of drug-likeness (QED) is 0.0767. The summed E-state index contributed by atoms with van der Waals surface area (Å²) in [7, 11) is 3.42. The molecule has 0 saturated carbocycles. The third kappa shape index (κ3) is 11.0. The predicted molar refractivity (Wildman–Crippen MR) is 253 cm³/mol. The molecule has 3 aliphatic heterocycles. The van der Waals surface area contributed by atoms with Crippen LogP contribution in [-0.4, -0.2) is 145 Å². The Bertz CT molecular complexity index is 2230. The highest BCUT2D eigenvalue weighted by molar-refractivity contribution is 5.85. The molecule has 1 amide bonds. The molecule has 374 valence electrons. The van der Waals surface area contributed by atoms with Gasteiger partial charge < -0.3 is 43.0 Å². The minimum atomic E-state index is -1.64. The third-order valence-electron chi connectivity index (χ3n) is 14.8. The molecule has 3 saturated heterocycles. The highest BCUT2D eigenvalue weighted by Crippen LogP contribution is 2.45. The van der Waals surface area contributed by atoms with E-state index in [2.05, 4.69) is 21.5 Å². The Balaban J connectivity index is 1.39. The van der Waals surface area contributed by atoms with Crippen LogP contribution in [0.4, 0.5) is 4.79 Å². The average molecular weight is 947 g/mol. The largest absolute Gasteiger partial charge is 0.461 e. The summed E-state index contributed by atoms with van der Waals surface area (Å²) >= 11 is 0. The molecule has 3 aromatic rings. The molecule has 3 fully saturated rings. The molecule has 1 N–H and O–H groups in total. The van der Waals surface area contributed by atoms with Crippen molar-refractivity contribution in [2.75, 3.05) is 27.2 Å². The first-order valence-corrected chi connectivity index (χ1v) is 24.2. The number of esters is 2. The smallest absolute Gasteiger partial charge is 0.410 e. The van der Waals surface area contributed by atoms with Crippen LogP contribution >= 0.6 is 0 Å². The van der Waals surface area contributed by atoms with Crippen molar-refractivity contribution in [3.63, 3.8) is 0 Å². The molecule has 6 heterocycles. The molecule has 0 spiro atoms. The number of ether oxygens (including phenoxy) is 6. The number of cyclic esters (lactones) is 1. The fourth-order valence-corrected chi connectivity index (χ4v) is 11.2. The number of likely N-dealkylation sites (N-methyl/N-ethyl adjacent to an activating group) is 1. The maximum Gasteiger partial charge on any atom is 0.410 e. The van der Waals surface area contributed by atoms with Gasteiger partial charge in [0.1, 0.15) is 29.6 Å². The normalized spacial score (nSPS) is 35.1. The molecular formula is C51H74N6O11. The Kier molecular flexibility index (Phi) is 16.9. The Hall–Kier alpha value is -4.81. The Morgan fingerprint density at radius 2 is 1.75 bits per heavy atom. The molecule has 0 aliphatic carbocycles. The monoisotopic (exact) mass is 947 g/mol. The van der Waals surface area contributed by atoms with Gasteiger partial charge in [0.2, 0.25) is 0 Å². The Morgan fingerprint density at radius 3 is 2.43 bits per heavy atom. The lowest BCUT2D eigenvalue weighted by molar-refractivity contribution is -0.358. The number of aromatic nitrogens is 4. The molecule has 3 aromatic heterocycles. The van der Waals surface area contributed by atoms with Crippen LogP contribution in [0, 0.1) is 23.7 Å². The number of ketones is 1. The zero-order chi connectivity index (χ0) is 49.7. The van der Waals surface area contributed by atoms with E-state index in [0.29, 0.717) is 37.9 Å². The van der Waals surface area contributed by atoms with E-state index in [1.54, 1.807) is 88.8 Å². The van der Waals surface area contributed by atoms with Gasteiger partial charge in [0.15, 0.2) is 11.4 Å². The summed E-state index contributed by atoms with van der Waals surface area (Å²) in [4.78, 5) is 74.5. The van der Waals surface area contributed by atoms with E-state index in [1.165, 1.54) is 7.11 Å². The van der Waals surface area contributed by atoms with E-state index < -0.39 is 95.2 Å². The molecule has 6 rings (SSSR count). The maximum absolute atomic E-state index is 15.1. The van der Waals surface area contributed by atoms with Crippen LogP contribution in [0.3, 0.4) is 0 Å². The van der Waals surface area contributed by atoms with Gasteiger partial charge >= 0.3 is 18.0 Å². The van der Waals surface area contributed by atoms with Gasteiger partial charge in [-0.2, -0.15) is 0 Å². The number of pyridine rings is 2. The fourth-order valence-electron chi connectivity index (χ4n) is 11.2. The van der Waals surface area contributed by atoms with Crippen LogP contribution in [0.15, 0.2) is 62.0 Å². The van der Waals surface area contributed by atoms with E-state index in [4.69, 9.17) is 28.4 Å². The van der Waals surface area contributed by atoms with Crippen molar-refractivity contribution in [2.45, 2.75) is 167 Å². The molecule has 68 heavy (non-hydrogen) atoms. The molecule has 17 heteroatoms. The van der Waals surface area contributed by atoms with Gasteiger partial charge in [0.05, 0.1) is 54.2 Å². The second-order valence-corrected chi connectivity index (χ2v) is 19.9. The number of imidazole rings is 1. The van der Waals surface area contributed by atoms with Crippen molar-refractivity contribution < 1.29 is 52.7 Å².